The average Bonchev–Trinajstić information content (AvgIpc) is 2.64. The first-order chi connectivity index (χ1) is 8.50. The summed E-state index contributed by atoms with van der Waals surface area (Å²) in [6, 6.07) is 0.590. The molecule has 2 fully saturated rings. The van der Waals surface area contributed by atoms with Crippen LogP contribution in [0.4, 0.5) is 0 Å². The molecular weight excluding hydrogens is 224 g/mol. The van der Waals surface area contributed by atoms with Gasteiger partial charge in [-0.25, -0.2) is 0 Å². The summed E-state index contributed by atoms with van der Waals surface area (Å²) in [6.45, 7) is 6.68. The Morgan fingerprint density at radius 2 is 1.78 bits per heavy atom. The molecule has 0 aliphatic heterocycles. The average molecular weight is 252 g/mol. The molecular formula is C15H28N2O. The summed E-state index contributed by atoms with van der Waals surface area (Å²) in [6.07, 6.45) is 5.56. The normalized spacial score (nSPS) is 44.9. The van der Waals surface area contributed by atoms with Gasteiger partial charge in [-0.15, -0.1) is 0 Å². The van der Waals surface area contributed by atoms with Crippen LogP contribution in [-0.2, 0) is 4.79 Å². The van der Waals surface area contributed by atoms with Crippen molar-refractivity contribution in [2.45, 2.75) is 65.0 Å². The molecule has 0 bridgehead atoms. The van der Waals surface area contributed by atoms with Crippen LogP contribution in [0.15, 0.2) is 0 Å². The van der Waals surface area contributed by atoms with Crippen LogP contribution < -0.4 is 11.1 Å². The van der Waals surface area contributed by atoms with Crippen LogP contribution in [0.2, 0.25) is 0 Å². The fraction of sp³-hybridized carbons (Fsp3) is 0.933. The summed E-state index contributed by atoms with van der Waals surface area (Å²) >= 11 is 0. The highest BCUT2D eigenvalue weighted by Crippen LogP contribution is 2.33. The number of nitrogens with one attached hydrogen (secondary N) is 1. The van der Waals surface area contributed by atoms with E-state index in [1.807, 2.05) is 0 Å². The fourth-order valence-corrected chi connectivity index (χ4v) is 3.63. The minimum absolute atomic E-state index is 0.136. The van der Waals surface area contributed by atoms with E-state index in [1.165, 1.54) is 6.42 Å². The Hall–Kier alpha value is -0.570. The van der Waals surface area contributed by atoms with Gasteiger partial charge in [0.15, 0.2) is 0 Å². The minimum Gasteiger partial charge on any atom is -0.353 e. The number of carbonyl (C=O) groups is 1. The fourth-order valence-electron chi connectivity index (χ4n) is 3.63. The van der Waals surface area contributed by atoms with Crippen molar-refractivity contribution in [3.8, 4) is 0 Å². The Kier molecular flexibility index (Phi) is 4.31. The maximum absolute atomic E-state index is 12.4. The number of carbonyl (C=O) groups excluding carboxylic acids is 1. The number of rotatable bonds is 2. The molecule has 3 heteroatoms. The van der Waals surface area contributed by atoms with Gasteiger partial charge in [0.05, 0.1) is 0 Å². The molecule has 104 valence electrons. The molecule has 2 rings (SSSR count). The first-order valence-electron chi connectivity index (χ1n) is 7.56. The predicted octanol–water partition coefficient (Wildman–Crippen LogP) is 2.30. The molecule has 2 aliphatic carbocycles. The Morgan fingerprint density at radius 1 is 1.06 bits per heavy atom. The van der Waals surface area contributed by atoms with Crippen molar-refractivity contribution in [3.63, 3.8) is 0 Å². The van der Waals surface area contributed by atoms with Crippen molar-refractivity contribution in [1.82, 2.24) is 5.32 Å². The lowest BCUT2D eigenvalue weighted by molar-refractivity contribution is -0.128. The van der Waals surface area contributed by atoms with E-state index in [4.69, 9.17) is 5.73 Å². The van der Waals surface area contributed by atoms with Crippen LogP contribution in [0.1, 0.15) is 52.9 Å². The lowest BCUT2D eigenvalue weighted by Gasteiger charge is -2.34. The zero-order chi connectivity index (χ0) is 13.3. The van der Waals surface area contributed by atoms with E-state index in [0.717, 1.165) is 31.6 Å². The van der Waals surface area contributed by atoms with Gasteiger partial charge in [-0.3, -0.25) is 4.79 Å². The van der Waals surface area contributed by atoms with E-state index in [1.54, 1.807) is 0 Å². The molecule has 0 aromatic rings. The SMILES string of the molecule is CC1CCC(NC(=O)C2CCCC(N)C2C)C1C. The van der Waals surface area contributed by atoms with Crippen LogP contribution in [0.5, 0.6) is 0 Å². The van der Waals surface area contributed by atoms with Crippen molar-refractivity contribution in [1.29, 1.82) is 0 Å². The van der Waals surface area contributed by atoms with Gasteiger partial charge in [0.25, 0.3) is 0 Å². The number of hydrogen-bond donors (Lipinski definition) is 2. The third kappa shape index (κ3) is 2.71. The van der Waals surface area contributed by atoms with E-state index in [0.29, 0.717) is 17.9 Å². The van der Waals surface area contributed by atoms with Crippen LogP contribution in [-0.4, -0.2) is 18.0 Å². The van der Waals surface area contributed by atoms with Crippen LogP contribution in [0, 0.1) is 23.7 Å². The molecule has 2 saturated carbocycles. The largest absolute Gasteiger partial charge is 0.353 e. The number of nitrogens with two attached hydrogens (primary N) is 1. The van der Waals surface area contributed by atoms with Gasteiger partial charge < -0.3 is 11.1 Å². The maximum Gasteiger partial charge on any atom is 0.223 e. The topological polar surface area (TPSA) is 55.1 Å². The van der Waals surface area contributed by atoms with Crippen molar-refractivity contribution < 1.29 is 4.79 Å². The highest BCUT2D eigenvalue weighted by Gasteiger charge is 2.36. The van der Waals surface area contributed by atoms with E-state index in [2.05, 4.69) is 26.1 Å². The molecule has 0 spiro atoms. The second-order valence-corrected chi connectivity index (χ2v) is 6.59. The Balaban J connectivity index is 1.91. The molecule has 6 unspecified atom stereocenters. The first kappa shape index (κ1) is 13.9. The Morgan fingerprint density at radius 3 is 2.39 bits per heavy atom. The number of amides is 1. The molecule has 0 heterocycles. The smallest absolute Gasteiger partial charge is 0.223 e. The van der Waals surface area contributed by atoms with Gasteiger partial charge in [-0.2, -0.15) is 0 Å². The second-order valence-electron chi connectivity index (χ2n) is 6.59. The summed E-state index contributed by atoms with van der Waals surface area (Å²) in [5.41, 5.74) is 6.08. The van der Waals surface area contributed by atoms with Crippen LogP contribution >= 0.6 is 0 Å². The highest BCUT2D eigenvalue weighted by atomic mass is 16.2. The lowest BCUT2D eigenvalue weighted by atomic mass is 9.76. The third-order valence-electron chi connectivity index (χ3n) is 5.49. The molecule has 0 radical (unpaired) electrons. The zero-order valence-corrected chi connectivity index (χ0v) is 12.0. The van der Waals surface area contributed by atoms with Gasteiger partial charge >= 0.3 is 0 Å². The van der Waals surface area contributed by atoms with Crippen molar-refractivity contribution in [2.24, 2.45) is 29.4 Å². The van der Waals surface area contributed by atoms with E-state index in [-0.39, 0.29) is 17.9 Å². The zero-order valence-electron chi connectivity index (χ0n) is 12.0. The van der Waals surface area contributed by atoms with Gasteiger partial charge in [-0.1, -0.05) is 27.2 Å². The predicted molar refractivity (Wildman–Crippen MR) is 74.0 cm³/mol. The minimum atomic E-state index is 0.136. The van der Waals surface area contributed by atoms with Crippen molar-refractivity contribution in [2.75, 3.05) is 0 Å². The summed E-state index contributed by atoms with van der Waals surface area (Å²) in [5, 5.41) is 3.29. The molecule has 18 heavy (non-hydrogen) atoms. The molecule has 0 aromatic heterocycles. The summed E-state index contributed by atoms with van der Waals surface area (Å²) in [4.78, 5) is 12.4. The van der Waals surface area contributed by atoms with E-state index < -0.39 is 0 Å². The summed E-state index contributed by atoms with van der Waals surface area (Å²) in [5.74, 6) is 2.07. The monoisotopic (exact) mass is 252 g/mol. The Bertz CT molecular complexity index is 305. The quantitative estimate of drug-likeness (QED) is 0.792. The molecule has 2 aliphatic rings. The van der Waals surface area contributed by atoms with E-state index in [9.17, 15) is 4.79 Å². The van der Waals surface area contributed by atoms with Gasteiger partial charge in [0.1, 0.15) is 0 Å². The molecule has 3 N–H and O–H groups in total. The van der Waals surface area contributed by atoms with Gasteiger partial charge in [-0.05, 0) is 43.4 Å². The number of hydrogen-bond acceptors (Lipinski definition) is 2. The third-order valence-corrected chi connectivity index (χ3v) is 5.49. The lowest BCUT2D eigenvalue weighted by Crippen LogP contribution is -2.47. The summed E-state index contributed by atoms with van der Waals surface area (Å²) < 4.78 is 0. The van der Waals surface area contributed by atoms with Crippen molar-refractivity contribution in [3.05, 3.63) is 0 Å². The molecule has 1 amide bonds. The summed E-state index contributed by atoms with van der Waals surface area (Å²) in [7, 11) is 0. The van der Waals surface area contributed by atoms with Gasteiger partial charge in [0.2, 0.25) is 5.91 Å². The first-order valence-corrected chi connectivity index (χ1v) is 7.56. The maximum atomic E-state index is 12.4. The molecule has 0 aromatic carbocycles. The highest BCUT2D eigenvalue weighted by molar-refractivity contribution is 5.79. The van der Waals surface area contributed by atoms with E-state index >= 15 is 0 Å². The van der Waals surface area contributed by atoms with Crippen LogP contribution in [0.25, 0.3) is 0 Å². The Labute approximate surface area is 111 Å². The van der Waals surface area contributed by atoms with Crippen molar-refractivity contribution >= 4 is 5.91 Å². The molecule has 0 saturated heterocycles. The standard InChI is InChI=1S/C15H28N2O/c1-9-7-8-14(10(9)2)17-15(18)12-5-4-6-13(16)11(12)3/h9-14H,4-8,16H2,1-3H3,(H,17,18). The second kappa shape index (κ2) is 5.60. The van der Waals surface area contributed by atoms with Gasteiger partial charge in [0, 0.05) is 18.0 Å². The molecule has 3 nitrogen and oxygen atoms in total. The molecule has 6 atom stereocenters. The van der Waals surface area contributed by atoms with Crippen LogP contribution in [0.3, 0.4) is 0 Å².